The van der Waals surface area contributed by atoms with Gasteiger partial charge in [0.2, 0.25) is 5.91 Å². The van der Waals surface area contributed by atoms with Gasteiger partial charge in [0.1, 0.15) is 11.1 Å². The molecule has 116 valence electrons. The largest absolute Gasteiger partial charge is 0.376 e. The number of nitriles is 1. The smallest absolute Gasteiger partial charge is 0.244 e. The molecule has 1 aromatic heterocycles. The van der Waals surface area contributed by atoms with Crippen LogP contribution < -0.4 is 10.2 Å². The second-order valence-electron chi connectivity index (χ2n) is 6.32. The Balaban J connectivity index is 1.44. The van der Waals surface area contributed by atoms with Gasteiger partial charge in [0.05, 0.1) is 17.7 Å². The monoisotopic (exact) mass is 317 g/mol. The van der Waals surface area contributed by atoms with Gasteiger partial charge < -0.3 is 15.0 Å². The van der Waals surface area contributed by atoms with Gasteiger partial charge in [-0.05, 0) is 43.0 Å². The number of nitrogens with one attached hydrogen (secondary N) is 1. The van der Waals surface area contributed by atoms with Crippen molar-refractivity contribution in [2.75, 3.05) is 18.1 Å². The number of hydrogen-bond donors (Lipinski definition) is 1. The molecule has 5 nitrogen and oxygen atoms in total. The Morgan fingerprint density at radius 1 is 1.36 bits per heavy atom. The van der Waals surface area contributed by atoms with Crippen molar-refractivity contribution in [1.82, 2.24) is 5.32 Å². The number of carbonyl (C=O) groups is 1. The van der Waals surface area contributed by atoms with E-state index in [2.05, 4.69) is 11.4 Å². The van der Waals surface area contributed by atoms with Gasteiger partial charge >= 0.3 is 0 Å². The van der Waals surface area contributed by atoms with Crippen LogP contribution in [0.3, 0.4) is 0 Å². The Hall–Kier alpha value is -1.42. The van der Waals surface area contributed by atoms with Crippen LogP contribution >= 0.6 is 11.3 Å². The van der Waals surface area contributed by atoms with E-state index >= 15 is 0 Å². The first kappa shape index (κ1) is 14.2. The van der Waals surface area contributed by atoms with E-state index in [1.54, 1.807) is 11.0 Å². The van der Waals surface area contributed by atoms with E-state index in [0.717, 1.165) is 24.4 Å². The molecule has 3 atom stereocenters. The quantitative estimate of drug-likeness (QED) is 0.921. The van der Waals surface area contributed by atoms with Gasteiger partial charge in [0.25, 0.3) is 0 Å². The molecule has 0 radical (unpaired) electrons. The van der Waals surface area contributed by atoms with Crippen LogP contribution in [0.4, 0.5) is 5.00 Å². The van der Waals surface area contributed by atoms with Gasteiger partial charge in [-0.3, -0.25) is 4.79 Å². The maximum Gasteiger partial charge on any atom is 0.244 e. The molecule has 1 aliphatic carbocycles. The minimum atomic E-state index is -0.137. The van der Waals surface area contributed by atoms with E-state index in [-0.39, 0.29) is 11.9 Å². The molecule has 3 heterocycles. The standard InChI is InChI=1S/C16H19N3O2S/c17-9-11-5-8-22-16(11)19-6-3-13(15(19)20)18-12-4-7-21-14(12)10-1-2-10/h5,8,10,12-14,18H,1-4,6-7H2. The maximum absolute atomic E-state index is 12.7. The lowest BCUT2D eigenvalue weighted by molar-refractivity contribution is -0.119. The van der Waals surface area contributed by atoms with E-state index in [1.165, 1.54) is 24.2 Å². The van der Waals surface area contributed by atoms with Gasteiger partial charge in [0, 0.05) is 19.2 Å². The predicted molar refractivity (Wildman–Crippen MR) is 83.8 cm³/mol. The van der Waals surface area contributed by atoms with E-state index in [9.17, 15) is 4.79 Å². The van der Waals surface area contributed by atoms with Crippen LogP contribution in [0.25, 0.3) is 0 Å². The summed E-state index contributed by atoms with van der Waals surface area (Å²) in [5.41, 5.74) is 0.596. The number of hydrogen-bond acceptors (Lipinski definition) is 5. The summed E-state index contributed by atoms with van der Waals surface area (Å²) in [4.78, 5) is 14.4. The minimum Gasteiger partial charge on any atom is -0.376 e. The van der Waals surface area contributed by atoms with Crippen LogP contribution in [-0.2, 0) is 9.53 Å². The molecule has 1 aromatic rings. The van der Waals surface area contributed by atoms with Crippen LogP contribution in [0.2, 0.25) is 0 Å². The molecular formula is C16H19N3O2S. The van der Waals surface area contributed by atoms with Crippen molar-refractivity contribution in [2.24, 2.45) is 5.92 Å². The fourth-order valence-corrected chi connectivity index (χ4v) is 4.45. The van der Waals surface area contributed by atoms with Crippen molar-refractivity contribution in [3.05, 3.63) is 17.0 Å². The summed E-state index contributed by atoms with van der Waals surface area (Å²) in [5, 5.41) is 15.3. The minimum absolute atomic E-state index is 0.0976. The van der Waals surface area contributed by atoms with Crippen LogP contribution in [0.1, 0.15) is 31.2 Å². The average Bonchev–Trinajstić information content (AvgIpc) is 2.95. The Morgan fingerprint density at radius 3 is 3.00 bits per heavy atom. The van der Waals surface area contributed by atoms with E-state index in [0.29, 0.717) is 30.2 Å². The number of ether oxygens (including phenoxy) is 1. The summed E-state index contributed by atoms with van der Waals surface area (Å²) >= 11 is 1.47. The fraction of sp³-hybridized carbons (Fsp3) is 0.625. The van der Waals surface area contributed by atoms with Crippen molar-refractivity contribution in [3.8, 4) is 6.07 Å². The lowest BCUT2D eigenvalue weighted by Gasteiger charge is -2.23. The van der Waals surface area contributed by atoms with Crippen molar-refractivity contribution < 1.29 is 9.53 Å². The Labute approximate surface area is 133 Å². The van der Waals surface area contributed by atoms with E-state index < -0.39 is 0 Å². The van der Waals surface area contributed by atoms with Crippen molar-refractivity contribution in [1.29, 1.82) is 5.26 Å². The van der Waals surface area contributed by atoms with Crippen LogP contribution in [-0.4, -0.2) is 37.2 Å². The summed E-state index contributed by atoms with van der Waals surface area (Å²) in [6.45, 7) is 1.49. The fourth-order valence-electron chi connectivity index (χ4n) is 3.57. The van der Waals surface area contributed by atoms with Crippen molar-refractivity contribution in [3.63, 3.8) is 0 Å². The third-order valence-corrected chi connectivity index (χ3v) is 5.79. The van der Waals surface area contributed by atoms with Gasteiger partial charge in [0.15, 0.2) is 0 Å². The molecule has 0 aromatic carbocycles. The highest BCUT2D eigenvalue weighted by molar-refractivity contribution is 7.14. The first-order chi connectivity index (χ1) is 10.8. The maximum atomic E-state index is 12.7. The van der Waals surface area contributed by atoms with Crippen molar-refractivity contribution >= 4 is 22.2 Å². The second kappa shape index (κ2) is 5.65. The SMILES string of the molecule is N#Cc1ccsc1N1CCC(NC2CCOC2C2CC2)C1=O. The molecule has 3 fully saturated rings. The summed E-state index contributed by atoms with van der Waals surface area (Å²) in [7, 11) is 0. The zero-order chi connectivity index (χ0) is 15.1. The van der Waals surface area contributed by atoms with E-state index in [4.69, 9.17) is 10.00 Å². The lowest BCUT2D eigenvalue weighted by atomic mass is 10.0. The molecule has 3 unspecified atom stereocenters. The molecule has 4 rings (SSSR count). The lowest BCUT2D eigenvalue weighted by Crippen LogP contribution is -2.47. The third kappa shape index (κ3) is 2.43. The molecule has 2 aliphatic heterocycles. The molecule has 3 aliphatic rings. The number of rotatable bonds is 4. The zero-order valence-corrected chi connectivity index (χ0v) is 13.1. The number of amides is 1. The van der Waals surface area contributed by atoms with Gasteiger partial charge in [-0.25, -0.2) is 0 Å². The highest BCUT2D eigenvalue weighted by Crippen LogP contribution is 2.39. The van der Waals surface area contributed by atoms with E-state index in [1.807, 2.05) is 5.38 Å². The summed E-state index contributed by atoms with van der Waals surface area (Å²) in [6.07, 6.45) is 4.60. The normalized spacial score (nSPS) is 31.7. The van der Waals surface area contributed by atoms with Crippen LogP contribution in [0.15, 0.2) is 11.4 Å². The molecule has 6 heteroatoms. The van der Waals surface area contributed by atoms with Crippen LogP contribution in [0.5, 0.6) is 0 Å². The topological polar surface area (TPSA) is 65.4 Å². The predicted octanol–water partition coefficient (Wildman–Crippen LogP) is 1.88. The first-order valence-electron chi connectivity index (χ1n) is 7.94. The first-order valence-corrected chi connectivity index (χ1v) is 8.82. The summed E-state index contributed by atoms with van der Waals surface area (Å²) in [5.74, 6) is 0.787. The molecular weight excluding hydrogens is 298 g/mol. The Bertz CT molecular complexity index is 619. The number of carbonyl (C=O) groups excluding carboxylic acids is 1. The molecule has 1 amide bonds. The summed E-state index contributed by atoms with van der Waals surface area (Å²) in [6, 6.07) is 4.12. The molecule has 0 bridgehead atoms. The highest BCUT2D eigenvalue weighted by Gasteiger charge is 2.43. The number of anilines is 1. The molecule has 2 saturated heterocycles. The van der Waals surface area contributed by atoms with Crippen molar-refractivity contribution in [2.45, 2.75) is 43.9 Å². The third-order valence-electron chi connectivity index (χ3n) is 4.85. The average molecular weight is 317 g/mol. The molecule has 22 heavy (non-hydrogen) atoms. The molecule has 1 N–H and O–H groups in total. The van der Waals surface area contributed by atoms with Crippen LogP contribution in [0, 0.1) is 17.2 Å². The highest BCUT2D eigenvalue weighted by atomic mass is 32.1. The Kier molecular flexibility index (Phi) is 3.65. The van der Waals surface area contributed by atoms with Gasteiger partial charge in [-0.15, -0.1) is 11.3 Å². The zero-order valence-electron chi connectivity index (χ0n) is 12.3. The second-order valence-corrected chi connectivity index (χ2v) is 7.21. The number of nitrogens with zero attached hydrogens (tertiary/aromatic N) is 2. The summed E-state index contributed by atoms with van der Waals surface area (Å²) < 4.78 is 5.84. The van der Waals surface area contributed by atoms with Gasteiger partial charge in [-0.2, -0.15) is 5.26 Å². The Morgan fingerprint density at radius 2 is 2.23 bits per heavy atom. The number of thiophene rings is 1. The molecule has 1 saturated carbocycles. The molecule has 0 spiro atoms. The van der Waals surface area contributed by atoms with Gasteiger partial charge in [-0.1, -0.05) is 0 Å².